The molecule has 1 heterocycles. The Hall–Kier alpha value is -2.97. The Labute approximate surface area is 164 Å². The standard InChI is InChI=1S/C20H21N3O4S/c1-2-27-20(24)17-7-6-10-19(13-17)28(25,26)22-12-11-16-14-21-23(15-16)18-8-4-3-5-9-18/h3-10,13-15,22H,2,11-12H2,1H3. The van der Waals surface area contributed by atoms with Crippen LogP contribution in [0.5, 0.6) is 0 Å². The molecule has 0 bridgehead atoms. The van der Waals surface area contributed by atoms with E-state index in [4.69, 9.17) is 4.74 Å². The highest BCUT2D eigenvalue weighted by Gasteiger charge is 2.16. The number of hydrogen-bond donors (Lipinski definition) is 1. The summed E-state index contributed by atoms with van der Waals surface area (Å²) in [5.74, 6) is -0.548. The third-order valence-corrected chi connectivity index (χ3v) is 5.48. The second-order valence-corrected chi connectivity index (χ2v) is 7.79. The summed E-state index contributed by atoms with van der Waals surface area (Å²) in [6, 6.07) is 15.5. The van der Waals surface area contributed by atoms with Crippen LogP contribution in [-0.4, -0.2) is 37.3 Å². The van der Waals surface area contributed by atoms with E-state index < -0.39 is 16.0 Å². The van der Waals surface area contributed by atoms with E-state index in [0.29, 0.717) is 6.42 Å². The van der Waals surface area contributed by atoms with Crippen LogP contribution >= 0.6 is 0 Å². The van der Waals surface area contributed by atoms with Gasteiger partial charge < -0.3 is 4.74 Å². The minimum atomic E-state index is -3.73. The Kier molecular flexibility index (Phi) is 6.23. The number of carbonyl (C=O) groups is 1. The molecule has 28 heavy (non-hydrogen) atoms. The van der Waals surface area contributed by atoms with Gasteiger partial charge in [0.25, 0.3) is 0 Å². The van der Waals surface area contributed by atoms with E-state index in [0.717, 1.165) is 11.3 Å². The molecule has 0 spiro atoms. The summed E-state index contributed by atoms with van der Waals surface area (Å²) >= 11 is 0. The van der Waals surface area contributed by atoms with Gasteiger partial charge in [-0.1, -0.05) is 24.3 Å². The van der Waals surface area contributed by atoms with Crippen molar-refractivity contribution in [3.8, 4) is 5.69 Å². The zero-order valence-electron chi connectivity index (χ0n) is 15.4. The number of nitrogens with one attached hydrogen (secondary N) is 1. The fraction of sp³-hybridized carbons (Fsp3) is 0.200. The SMILES string of the molecule is CCOC(=O)c1cccc(S(=O)(=O)NCCc2cnn(-c3ccccc3)c2)c1. The van der Waals surface area contributed by atoms with E-state index in [9.17, 15) is 13.2 Å². The molecule has 0 aliphatic rings. The fourth-order valence-corrected chi connectivity index (χ4v) is 3.71. The number of para-hydroxylation sites is 1. The van der Waals surface area contributed by atoms with Gasteiger partial charge in [-0.3, -0.25) is 0 Å². The Balaban J connectivity index is 1.62. The van der Waals surface area contributed by atoms with Crippen LogP contribution in [0.3, 0.4) is 0 Å². The number of esters is 1. The molecule has 3 rings (SSSR count). The maximum Gasteiger partial charge on any atom is 0.338 e. The topological polar surface area (TPSA) is 90.3 Å². The summed E-state index contributed by atoms with van der Waals surface area (Å²) in [7, 11) is -3.73. The lowest BCUT2D eigenvalue weighted by atomic mass is 10.2. The summed E-state index contributed by atoms with van der Waals surface area (Å²) in [5, 5.41) is 4.30. The molecule has 0 fully saturated rings. The Morgan fingerprint density at radius 1 is 1.14 bits per heavy atom. The molecule has 0 radical (unpaired) electrons. The Morgan fingerprint density at radius 3 is 2.68 bits per heavy atom. The first-order valence-electron chi connectivity index (χ1n) is 8.85. The molecule has 3 aromatic rings. The minimum Gasteiger partial charge on any atom is -0.462 e. The van der Waals surface area contributed by atoms with Gasteiger partial charge in [0.05, 0.1) is 29.0 Å². The Bertz CT molecular complexity index is 1050. The lowest BCUT2D eigenvalue weighted by Crippen LogP contribution is -2.26. The molecule has 1 N–H and O–H groups in total. The van der Waals surface area contributed by atoms with Crippen LogP contribution in [0.15, 0.2) is 71.9 Å². The quantitative estimate of drug-likeness (QED) is 0.588. The first-order valence-corrected chi connectivity index (χ1v) is 10.3. The third-order valence-electron chi connectivity index (χ3n) is 4.02. The van der Waals surface area contributed by atoms with E-state index in [1.165, 1.54) is 24.3 Å². The van der Waals surface area contributed by atoms with Crippen molar-refractivity contribution >= 4 is 16.0 Å². The lowest BCUT2D eigenvalue weighted by Gasteiger charge is -2.08. The number of hydrogen-bond acceptors (Lipinski definition) is 5. The molecule has 0 saturated carbocycles. The maximum absolute atomic E-state index is 12.5. The van der Waals surface area contributed by atoms with Crippen molar-refractivity contribution in [1.29, 1.82) is 0 Å². The number of benzene rings is 2. The maximum atomic E-state index is 12.5. The number of sulfonamides is 1. The van der Waals surface area contributed by atoms with E-state index in [2.05, 4.69) is 9.82 Å². The first kappa shape index (κ1) is 19.8. The molecule has 0 unspecified atom stereocenters. The summed E-state index contributed by atoms with van der Waals surface area (Å²) in [6.07, 6.45) is 4.07. The van der Waals surface area contributed by atoms with E-state index >= 15 is 0 Å². The minimum absolute atomic E-state index is 0.0260. The second kappa shape index (κ2) is 8.81. The van der Waals surface area contributed by atoms with Crippen LogP contribution in [-0.2, 0) is 21.2 Å². The van der Waals surface area contributed by atoms with Crippen LogP contribution < -0.4 is 4.72 Å². The van der Waals surface area contributed by atoms with Crippen molar-refractivity contribution in [2.45, 2.75) is 18.2 Å². The molecule has 0 aliphatic heterocycles. The summed E-state index contributed by atoms with van der Waals surface area (Å²) in [4.78, 5) is 11.8. The number of aromatic nitrogens is 2. The highest BCUT2D eigenvalue weighted by molar-refractivity contribution is 7.89. The van der Waals surface area contributed by atoms with Gasteiger partial charge in [-0.2, -0.15) is 5.10 Å². The Morgan fingerprint density at radius 2 is 1.93 bits per heavy atom. The van der Waals surface area contributed by atoms with Crippen molar-refractivity contribution in [3.63, 3.8) is 0 Å². The first-order chi connectivity index (χ1) is 13.5. The van der Waals surface area contributed by atoms with Gasteiger partial charge in [0.1, 0.15) is 0 Å². The predicted molar refractivity (Wildman–Crippen MR) is 105 cm³/mol. The van der Waals surface area contributed by atoms with Gasteiger partial charge >= 0.3 is 5.97 Å². The van der Waals surface area contributed by atoms with Gasteiger partial charge in [-0.25, -0.2) is 22.6 Å². The van der Waals surface area contributed by atoms with Crippen LogP contribution in [0.1, 0.15) is 22.8 Å². The summed E-state index contributed by atoms with van der Waals surface area (Å²) < 4.78 is 34.2. The summed E-state index contributed by atoms with van der Waals surface area (Å²) in [6.45, 7) is 2.14. The number of nitrogens with zero attached hydrogens (tertiary/aromatic N) is 2. The predicted octanol–water partition coefficient (Wildman–Crippen LogP) is 2.57. The molecule has 0 aliphatic carbocycles. The van der Waals surface area contributed by atoms with E-state index in [1.54, 1.807) is 17.8 Å². The average molecular weight is 399 g/mol. The van der Waals surface area contributed by atoms with Crippen molar-refractivity contribution in [1.82, 2.24) is 14.5 Å². The molecule has 0 saturated heterocycles. The van der Waals surface area contributed by atoms with Gasteiger partial charge in [-0.15, -0.1) is 0 Å². The van der Waals surface area contributed by atoms with E-state index in [-0.39, 0.29) is 23.6 Å². The van der Waals surface area contributed by atoms with Gasteiger partial charge in [0.15, 0.2) is 0 Å². The molecule has 0 atom stereocenters. The van der Waals surface area contributed by atoms with Crippen molar-refractivity contribution in [2.24, 2.45) is 0 Å². The van der Waals surface area contributed by atoms with Gasteiger partial charge in [0.2, 0.25) is 10.0 Å². The normalized spacial score (nSPS) is 11.3. The summed E-state index contributed by atoms with van der Waals surface area (Å²) in [5.41, 5.74) is 2.05. The van der Waals surface area contributed by atoms with Crippen molar-refractivity contribution < 1.29 is 17.9 Å². The number of rotatable bonds is 8. The monoisotopic (exact) mass is 399 g/mol. The number of ether oxygens (including phenoxy) is 1. The van der Waals surface area contributed by atoms with Crippen molar-refractivity contribution in [2.75, 3.05) is 13.2 Å². The van der Waals surface area contributed by atoms with Gasteiger partial charge in [0, 0.05) is 12.7 Å². The molecule has 7 nitrogen and oxygen atoms in total. The second-order valence-electron chi connectivity index (χ2n) is 6.02. The fourth-order valence-electron chi connectivity index (χ4n) is 2.63. The molecule has 1 aromatic heterocycles. The van der Waals surface area contributed by atoms with Crippen LogP contribution in [0.25, 0.3) is 5.69 Å². The smallest absolute Gasteiger partial charge is 0.338 e. The lowest BCUT2D eigenvalue weighted by molar-refractivity contribution is 0.0526. The zero-order valence-corrected chi connectivity index (χ0v) is 16.2. The third kappa shape index (κ3) is 4.85. The average Bonchev–Trinajstić information content (AvgIpc) is 3.18. The molecule has 146 valence electrons. The molecule has 0 amide bonds. The number of carbonyl (C=O) groups excluding carboxylic acids is 1. The highest BCUT2D eigenvalue weighted by atomic mass is 32.2. The molecular formula is C20H21N3O4S. The zero-order chi connectivity index (χ0) is 20.0. The van der Waals surface area contributed by atoms with Crippen LogP contribution in [0.2, 0.25) is 0 Å². The van der Waals surface area contributed by atoms with E-state index in [1.807, 2.05) is 36.5 Å². The van der Waals surface area contributed by atoms with Crippen LogP contribution in [0, 0.1) is 0 Å². The highest BCUT2D eigenvalue weighted by Crippen LogP contribution is 2.13. The largest absolute Gasteiger partial charge is 0.462 e. The molecule has 2 aromatic carbocycles. The molecule has 8 heteroatoms. The van der Waals surface area contributed by atoms with Crippen molar-refractivity contribution in [3.05, 3.63) is 78.1 Å². The molecular weight excluding hydrogens is 378 g/mol. The van der Waals surface area contributed by atoms with Crippen LogP contribution in [0.4, 0.5) is 0 Å². The van der Waals surface area contributed by atoms with Gasteiger partial charge in [-0.05, 0) is 49.2 Å².